The monoisotopic (exact) mass is 385 g/mol. The molecule has 3 N–H and O–H groups in total. The van der Waals surface area contributed by atoms with Gasteiger partial charge in [0.15, 0.2) is 5.75 Å². The molecule has 9 heteroatoms. The van der Waals surface area contributed by atoms with Crippen molar-refractivity contribution >= 4 is 29.8 Å². The lowest BCUT2D eigenvalue weighted by atomic mass is 10.1. The second-order valence-electron chi connectivity index (χ2n) is 5.60. The lowest BCUT2D eigenvalue weighted by molar-refractivity contribution is -0.152. The molecule has 0 aliphatic carbocycles. The van der Waals surface area contributed by atoms with E-state index in [-0.39, 0.29) is 48.3 Å². The summed E-state index contributed by atoms with van der Waals surface area (Å²) in [5.41, 5.74) is 0.671. The number of halogens is 1. The van der Waals surface area contributed by atoms with Crippen molar-refractivity contribution in [1.82, 2.24) is 15.7 Å². The summed E-state index contributed by atoms with van der Waals surface area (Å²) in [6, 6.07) is 3.04. The van der Waals surface area contributed by atoms with Gasteiger partial charge in [-0.25, -0.2) is 5.06 Å². The molecule has 3 amide bonds. The molecule has 0 fully saturated rings. The highest BCUT2D eigenvalue weighted by Gasteiger charge is 2.18. The Morgan fingerprint density at radius 1 is 1.31 bits per heavy atom. The van der Waals surface area contributed by atoms with E-state index < -0.39 is 5.91 Å². The third-order valence-corrected chi connectivity index (χ3v) is 3.62. The second-order valence-corrected chi connectivity index (χ2v) is 6.01. The minimum atomic E-state index is -0.429. The van der Waals surface area contributed by atoms with Crippen LogP contribution in [-0.4, -0.2) is 48.2 Å². The number of nitrogens with zero attached hydrogens (tertiary/aromatic N) is 1. The van der Waals surface area contributed by atoms with E-state index in [1.165, 1.54) is 19.1 Å². The maximum absolute atomic E-state index is 12.5. The smallest absolute Gasteiger partial charge is 0.255 e. The summed E-state index contributed by atoms with van der Waals surface area (Å²) in [6.45, 7) is 4.20. The van der Waals surface area contributed by atoms with Gasteiger partial charge in [-0.15, -0.1) is 0 Å². The molecule has 0 saturated carbocycles. The Morgan fingerprint density at radius 2 is 2.00 bits per heavy atom. The number of hydrogen-bond acceptors (Lipinski definition) is 5. The van der Waals surface area contributed by atoms with E-state index in [9.17, 15) is 19.6 Å². The van der Waals surface area contributed by atoms with Crippen molar-refractivity contribution in [1.29, 1.82) is 0 Å². The van der Waals surface area contributed by atoms with E-state index in [1.54, 1.807) is 0 Å². The molecule has 0 unspecified atom stereocenters. The number of benzene rings is 1. The van der Waals surface area contributed by atoms with E-state index >= 15 is 0 Å². The molecule has 8 nitrogen and oxygen atoms in total. The zero-order valence-corrected chi connectivity index (χ0v) is 15.6. The molecular weight excluding hydrogens is 362 g/mol. The van der Waals surface area contributed by atoms with E-state index in [4.69, 9.17) is 16.3 Å². The normalized spacial score (nSPS) is 10.2. The van der Waals surface area contributed by atoms with Crippen molar-refractivity contribution < 1.29 is 24.3 Å². The SMILES string of the molecule is CCCCOc1c(Cl)cc(CN(O)C=O)cc1C(=O)NCCNC(C)=O. The Bertz CT molecular complexity index is 639. The Balaban J connectivity index is 2.98. The zero-order valence-electron chi connectivity index (χ0n) is 14.9. The fraction of sp³-hybridized carbons (Fsp3) is 0.471. The van der Waals surface area contributed by atoms with Crippen LogP contribution in [0, 0.1) is 0 Å². The van der Waals surface area contributed by atoms with E-state index in [0.717, 1.165) is 12.8 Å². The molecule has 0 aliphatic heterocycles. The van der Waals surface area contributed by atoms with Crippen molar-refractivity contribution in [2.75, 3.05) is 19.7 Å². The lowest BCUT2D eigenvalue weighted by Crippen LogP contribution is -2.34. The zero-order chi connectivity index (χ0) is 19.5. The molecule has 0 saturated heterocycles. The maximum Gasteiger partial charge on any atom is 0.255 e. The van der Waals surface area contributed by atoms with Crippen LogP contribution in [0.25, 0.3) is 0 Å². The van der Waals surface area contributed by atoms with Gasteiger partial charge < -0.3 is 15.4 Å². The molecule has 1 rings (SSSR count). The van der Waals surface area contributed by atoms with Crippen LogP contribution in [0.3, 0.4) is 0 Å². The minimum absolute atomic E-state index is 0.120. The summed E-state index contributed by atoms with van der Waals surface area (Å²) in [7, 11) is 0. The van der Waals surface area contributed by atoms with Gasteiger partial charge in [0, 0.05) is 20.0 Å². The number of amides is 3. The van der Waals surface area contributed by atoms with Gasteiger partial charge >= 0.3 is 0 Å². The van der Waals surface area contributed by atoms with Crippen molar-refractivity contribution in [3.8, 4) is 5.75 Å². The summed E-state index contributed by atoms with van der Waals surface area (Å²) >= 11 is 6.24. The van der Waals surface area contributed by atoms with Gasteiger partial charge in [-0.2, -0.15) is 0 Å². The number of hydroxylamine groups is 2. The van der Waals surface area contributed by atoms with Crippen LogP contribution in [0.2, 0.25) is 5.02 Å². The summed E-state index contributed by atoms with van der Waals surface area (Å²) in [6.07, 6.45) is 1.98. The van der Waals surface area contributed by atoms with Gasteiger partial charge in [-0.05, 0) is 24.1 Å². The van der Waals surface area contributed by atoms with Gasteiger partial charge in [-0.3, -0.25) is 19.6 Å². The topological polar surface area (TPSA) is 108 Å². The molecular formula is C17H24ClN3O5. The van der Waals surface area contributed by atoms with E-state index in [1.807, 2.05) is 6.92 Å². The molecule has 0 bridgehead atoms. The molecule has 0 heterocycles. The molecule has 144 valence electrons. The molecule has 0 spiro atoms. The van der Waals surface area contributed by atoms with Gasteiger partial charge in [-0.1, -0.05) is 24.9 Å². The molecule has 0 aliphatic rings. The van der Waals surface area contributed by atoms with Crippen LogP contribution in [0.15, 0.2) is 12.1 Å². The number of hydrogen-bond donors (Lipinski definition) is 3. The average molecular weight is 386 g/mol. The van der Waals surface area contributed by atoms with Crippen LogP contribution < -0.4 is 15.4 Å². The Kier molecular flexibility index (Phi) is 9.46. The predicted octanol–water partition coefficient (Wildman–Crippen LogP) is 1.73. The first-order valence-electron chi connectivity index (χ1n) is 8.27. The highest BCUT2D eigenvalue weighted by molar-refractivity contribution is 6.32. The van der Waals surface area contributed by atoms with Crippen LogP contribution >= 0.6 is 11.6 Å². The van der Waals surface area contributed by atoms with Crippen molar-refractivity contribution in [3.63, 3.8) is 0 Å². The molecule has 1 aromatic carbocycles. The first-order chi connectivity index (χ1) is 12.4. The van der Waals surface area contributed by atoms with Crippen LogP contribution in [0.1, 0.15) is 42.6 Å². The van der Waals surface area contributed by atoms with Gasteiger partial charge in [0.05, 0.1) is 23.7 Å². The number of carbonyl (C=O) groups excluding carboxylic acids is 3. The first kappa shape index (κ1) is 21.7. The van der Waals surface area contributed by atoms with Crippen LogP contribution in [0.4, 0.5) is 0 Å². The number of rotatable bonds is 11. The van der Waals surface area contributed by atoms with Gasteiger partial charge in [0.2, 0.25) is 12.3 Å². The van der Waals surface area contributed by atoms with Gasteiger partial charge in [0.1, 0.15) is 0 Å². The quantitative estimate of drug-likeness (QED) is 0.233. The minimum Gasteiger partial charge on any atom is -0.491 e. The fourth-order valence-corrected chi connectivity index (χ4v) is 2.41. The number of unbranched alkanes of at least 4 members (excludes halogenated alkanes) is 1. The lowest BCUT2D eigenvalue weighted by Gasteiger charge is -2.16. The molecule has 26 heavy (non-hydrogen) atoms. The van der Waals surface area contributed by atoms with Crippen molar-refractivity contribution in [2.45, 2.75) is 33.2 Å². The summed E-state index contributed by atoms with van der Waals surface area (Å²) in [5.74, 6) is -0.373. The van der Waals surface area contributed by atoms with Crippen LogP contribution in [-0.2, 0) is 16.1 Å². The Labute approximate surface area is 157 Å². The van der Waals surface area contributed by atoms with Crippen molar-refractivity contribution in [3.05, 3.63) is 28.3 Å². The third-order valence-electron chi connectivity index (χ3n) is 3.34. The Morgan fingerprint density at radius 3 is 2.62 bits per heavy atom. The number of carbonyl (C=O) groups is 3. The summed E-state index contributed by atoms with van der Waals surface area (Å²) < 4.78 is 5.65. The molecule has 0 radical (unpaired) electrons. The second kappa shape index (κ2) is 11.3. The standard InChI is InChI=1S/C17H24ClN3O5/c1-3-4-7-26-16-14(17(24)20-6-5-19-12(2)23)8-13(9-15(16)18)10-21(25)11-22/h8-9,11,25H,3-7,10H2,1-2H3,(H,19,23)(H,20,24). The van der Waals surface area contributed by atoms with Crippen molar-refractivity contribution in [2.24, 2.45) is 0 Å². The molecule has 1 aromatic rings. The summed E-state index contributed by atoms with van der Waals surface area (Å²) in [4.78, 5) is 33.9. The summed E-state index contributed by atoms with van der Waals surface area (Å²) in [5, 5.41) is 15.3. The van der Waals surface area contributed by atoms with E-state index in [2.05, 4.69) is 10.6 Å². The Hall–Kier alpha value is -2.32. The maximum atomic E-state index is 12.5. The largest absolute Gasteiger partial charge is 0.491 e. The molecule has 0 aromatic heterocycles. The van der Waals surface area contributed by atoms with Gasteiger partial charge in [0.25, 0.3) is 5.91 Å². The highest BCUT2D eigenvalue weighted by Crippen LogP contribution is 2.31. The first-order valence-corrected chi connectivity index (χ1v) is 8.65. The predicted molar refractivity (Wildman–Crippen MR) is 96.3 cm³/mol. The fourth-order valence-electron chi connectivity index (χ4n) is 2.11. The highest BCUT2D eigenvalue weighted by atomic mass is 35.5. The average Bonchev–Trinajstić information content (AvgIpc) is 2.59. The van der Waals surface area contributed by atoms with Crippen LogP contribution in [0.5, 0.6) is 5.75 Å². The number of nitrogens with one attached hydrogen (secondary N) is 2. The number of ether oxygens (including phenoxy) is 1. The molecule has 0 atom stereocenters. The third kappa shape index (κ3) is 7.28. The van der Waals surface area contributed by atoms with E-state index in [0.29, 0.717) is 17.2 Å².